The normalized spacial score (nSPS) is 27.8. The molecule has 2 unspecified atom stereocenters. The van der Waals surface area contributed by atoms with Gasteiger partial charge < -0.3 is 5.32 Å². The summed E-state index contributed by atoms with van der Waals surface area (Å²) in [5.41, 5.74) is 0. The number of halogens is 1. The van der Waals surface area contributed by atoms with Crippen molar-refractivity contribution in [2.45, 2.75) is 37.8 Å². The second-order valence-corrected chi connectivity index (χ2v) is 6.25. The Kier molecular flexibility index (Phi) is 3.42. The lowest BCUT2D eigenvalue weighted by Gasteiger charge is -2.32. The molecule has 1 aromatic heterocycles. The molecule has 3 heterocycles. The minimum absolute atomic E-state index is 0.323. The summed E-state index contributed by atoms with van der Waals surface area (Å²) in [6.07, 6.45) is 5.07. The minimum atomic E-state index is 0.323. The van der Waals surface area contributed by atoms with Gasteiger partial charge in [0, 0.05) is 18.6 Å². The van der Waals surface area contributed by atoms with E-state index in [-0.39, 0.29) is 0 Å². The van der Waals surface area contributed by atoms with Crippen LogP contribution in [-0.4, -0.2) is 35.1 Å². The summed E-state index contributed by atoms with van der Waals surface area (Å²) in [4.78, 5) is 7.28. The molecule has 2 atom stereocenters. The number of thiazole rings is 1. The number of piperidine rings is 1. The number of nitrogens with one attached hydrogen (secondary N) is 1. The zero-order valence-corrected chi connectivity index (χ0v) is 11.6. The molecule has 0 radical (unpaired) electrons. The third-order valence-electron chi connectivity index (χ3n) is 3.85. The molecular formula is C12H15ClN4S. The van der Waals surface area contributed by atoms with Crippen molar-refractivity contribution in [2.75, 3.05) is 18.4 Å². The Morgan fingerprint density at radius 3 is 3.06 bits per heavy atom. The van der Waals surface area contributed by atoms with E-state index in [0.717, 1.165) is 11.6 Å². The molecule has 2 fully saturated rings. The molecule has 6 heteroatoms. The SMILES string of the molecule is N#Cc1sc(NC2CCN3CCCCC23)nc1Cl. The first-order valence-corrected chi connectivity index (χ1v) is 7.54. The number of aromatic nitrogens is 1. The van der Waals surface area contributed by atoms with Crippen LogP contribution in [0.3, 0.4) is 0 Å². The largest absolute Gasteiger partial charge is 0.357 e. The quantitative estimate of drug-likeness (QED) is 0.906. The van der Waals surface area contributed by atoms with Crippen LogP contribution in [-0.2, 0) is 0 Å². The predicted molar refractivity (Wildman–Crippen MR) is 73.1 cm³/mol. The van der Waals surface area contributed by atoms with Crippen molar-refractivity contribution in [3.05, 3.63) is 10.0 Å². The van der Waals surface area contributed by atoms with E-state index in [4.69, 9.17) is 16.9 Å². The summed E-state index contributed by atoms with van der Waals surface area (Å²) in [5.74, 6) is 0. The Balaban J connectivity index is 1.71. The van der Waals surface area contributed by atoms with Gasteiger partial charge in [-0.2, -0.15) is 5.26 Å². The number of fused-ring (bicyclic) bond motifs is 1. The van der Waals surface area contributed by atoms with Gasteiger partial charge in [0.2, 0.25) is 0 Å². The molecule has 0 amide bonds. The number of nitrogens with zero attached hydrogens (tertiary/aromatic N) is 3. The Labute approximate surface area is 116 Å². The standard InChI is InChI=1S/C12H15ClN4S/c13-11-10(7-14)18-12(16-11)15-8-4-6-17-5-2-1-3-9(8)17/h8-9H,1-6H2,(H,15,16). The van der Waals surface area contributed by atoms with Gasteiger partial charge in [0.15, 0.2) is 10.3 Å². The lowest BCUT2D eigenvalue weighted by atomic mass is 9.99. The molecule has 96 valence electrons. The van der Waals surface area contributed by atoms with Crippen LogP contribution in [0.1, 0.15) is 30.6 Å². The van der Waals surface area contributed by atoms with Crippen molar-refractivity contribution in [3.8, 4) is 6.07 Å². The van der Waals surface area contributed by atoms with Crippen LogP contribution in [0.2, 0.25) is 5.15 Å². The topological polar surface area (TPSA) is 52.0 Å². The van der Waals surface area contributed by atoms with Crippen molar-refractivity contribution in [3.63, 3.8) is 0 Å². The molecule has 4 nitrogen and oxygen atoms in total. The van der Waals surface area contributed by atoms with Gasteiger partial charge in [-0.1, -0.05) is 29.4 Å². The smallest absolute Gasteiger partial charge is 0.185 e. The Morgan fingerprint density at radius 2 is 2.28 bits per heavy atom. The van der Waals surface area contributed by atoms with Crippen molar-refractivity contribution < 1.29 is 0 Å². The van der Waals surface area contributed by atoms with Crippen LogP contribution >= 0.6 is 22.9 Å². The highest BCUT2D eigenvalue weighted by molar-refractivity contribution is 7.16. The van der Waals surface area contributed by atoms with Gasteiger partial charge in [-0.3, -0.25) is 4.90 Å². The van der Waals surface area contributed by atoms with E-state index in [0.29, 0.717) is 22.1 Å². The Morgan fingerprint density at radius 1 is 1.39 bits per heavy atom. The minimum Gasteiger partial charge on any atom is -0.357 e. The summed E-state index contributed by atoms with van der Waals surface area (Å²) in [6, 6.07) is 3.16. The molecule has 0 aliphatic carbocycles. The monoisotopic (exact) mass is 282 g/mol. The first-order valence-electron chi connectivity index (χ1n) is 6.35. The molecule has 0 spiro atoms. The summed E-state index contributed by atoms with van der Waals surface area (Å²) in [6.45, 7) is 2.40. The van der Waals surface area contributed by atoms with E-state index in [9.17, 15) is 0 Å². The first-order chi connectivity index (χ1) is 8.78. The lowest BCUT2D eigenvalue weighted by Crippen LogP contribution is -2.41. The van der Waals surface area contributed by atoms with E-state index < -0.39 is 0 Å². The van der Waals surface area contributed by atoms with E-state index in [1.165, 1.54) is 43.7 Å². The molecule has 1 N–H and O–H groups in total. The zero-order chi connectivity index (χ0) is 12.5. The number of anilines is 1. The average molecular weight is 283 g/mol. The van der Waals surface area contributed by atoms with E-state index in [2.05, 4.69) is 21.3 Å². The average Bonchev–Trinajstić information content (AvgIpc) is 2.94. The molecule has 2 aliphatic heterocycles. The molecule has 3 rings (SSSR count). The first kappa shape index (κ1) is 12.2. The van der Waals surface area contributed by atoms with Crippen LogP contribution in [0.4, 0.5) is 5.13 Å². The highest BCUT2D eigenvalue weighted by atomic mass is 35.5. The van der Waals surface area contributed by atoms with E-state index in [1.54, 1.807) is 0 Å². The summed E-state index contributed by atoms with van der Waals surface area (Å²) in [7, 11) is 0. The van der Waals surface area contributed by atoms with Gasteiger partial charge in [-0.05, 0) is 25.8 Å². The summed E-state index contributed by atoms with van der Waals surface area (Å²) >= 11 is 7.25. The molecule has 0 bridgehead atoms. The third-order valence-corrected chi connectivity index (χ3v) is 5.13. The van der Waals surface area contributed by atoms with Gasteiger partial charge in [0.05, 0.1) is 0 Å². The Hall–Kier alpha value is -0.830. The van der Waals surface area contributed by atoms with Crippen molar-refractivity contribution in [1.82, 2.24) is 9.88 Å². The molecule has 2 aliphatic rings. The van der Waals surface area contributed by atoms with Crippen LogP contribution in [0.25, 0.3) is 0 Å². The second-order valence-electron chi connectivity index (χ2n) is 4.89. The third kappa shape index (κ3) is 2.20. The predicted octanol–water partition coefficient (Wildman–Crippen LogP) is 2.71. The fourth-order valence-corrected chi connectivity index (χ4v) is 4.02. The van der Waals surface area contributed by atoms with Gasteiger partial charge in [-0.15, -0.1) is 0 Å². The lowest BCUT2D eigenvalue weighted by molar-refractivity contribution is 0.193. The van der Waals surface area contributed by atoms with E-state index in [1.807, 2.05) is 0 Å². The van der Waals surface area contributed by atoms with E-state index >= 15 is 0 Å². The number of rotatable bonds is 2. The maximum atomic E-state index is 8.88. The van der Waals surface area contributed by atoms with Crippen LogP contribution in [0.5, 0.6) is 0 Å². The van der Waals surface area contributed by atoms with Gasteiger partial charge in [-0.25, -0.2) is 4.98 Å². The van der Waals surface area contributed by atoms with Crippen LogP contribution in [0, 0.1) is 11.3 Å². The maximum absolute atomic E-state index is 8.88. The fourth-order valence-electron chi connectivity index (χ4n) is 3.01. The number of hydrogen-bond donors (Lipinski definition) is 1. The Bertz CT molecular complexity index is 481. The molecule has 0 aromatic carbocycles. The molecule has 1 aromatic rings. The maximum Gasteiger partial charge on any atom is 0.185 e. The van der Waals surface area contributed by atoms with Crippen molar-refractivity contribution in [2.24, 2.45) is 0 Å². The van der Waals surface area contributed by atoms with Gasteiger partial charge in [0.1, 0.15) is 10.9 Å². The zero-order valence-electron chi connectivity index (χ0n) is 10.0. The highest BCUT2D eigenvalue weighted by Gasteiger charge is 2.35. The highest BCUT2D eigenvalue weighted by Crippen LogP contribution is 2.32. The van der Waals surface area contributed by atoms with Gasteiger partial charge >= 0.3 is 0 Å². The second kappa shape index (κ2) is 5.04. The summed E-state index contributed by atoms with van der Waals surface area (Å²) < 4.78 is 0. The number of hydrogen-bond acceptors (Lipinski definition) is 5. The van der Waals surface area contributed by atoms with Crippen LogP contribution in [0.15, 0.2) is 0 Å². The summed E-state index contributed by atoms with van der Waals surface area (Å²) in [5, 5.41) is 13.5. The van der Waals surface area contributed by atoms with Crippen molar-refractivity contribution in [1.29, 1.82) is 5.26 Å². The van der Waals surface area contributed by atoms with Crippen molar-refractivity contribution >= 4 is 28.1 Å². The molecular weight excluding hydrogens is 268 g/mol. The fraction of sp³-hybridized carbons (Fsp3) is 0.667. The number of nitriles is 1. The van der Waals surface area contributed by atoms with Gasteiger partial charge in [0.25, 0.3) is 0 Å². The van der Waals surface area contributed by atoms with Crippen LogP contribution < -0.4 is 5.32 Å². The molecule has 2 saturated heterocycles. The molecule has 18 heavy (non-hydrogen) atoms. The molecule has 0 saturated carbocycles.